The van der Waals surface area contributed by atoms with Gasteiger partial charge < -0.3 is 0 Å². The molecule has 1 aromatic heterocycles. The van der Waals surface area contributed by atoms with E-state index in [4.69, 9.17) is 51.7 Å². The summed E-state index contributed by atoms with van der Waals surface area (Å²) in [5.41, 5.74) is -2.08. The van der Waals surface area contributed by atoms with Gasteiger partial charge in [0.25, 0.3) is 0 Å². The molecule has 1 aliphatic heterocycles. The second-order valence-electron chi connectivity index (χ2n) is 3.44. The van der Waals surface area contributed by atoms with Gasteiger partial charge in [-0.05, 0) is 0 Å². The molecule has 8 nitrogen and oxygen atoms in total. The molecule has 0 spiro atoms. The highest BCUT2D eigenvalue weighted by atomic mass is 35.5. The number of nitriles is 1. The van der Waals surface area contributed by atoms with E-state index in [1.807, 2.05) is 0 Å². The maximum atomic E-state index is 10.9. The van der Waals surface area contributed by atoms with Gasteiger partial charge in [0.1, 0.15) is 11.6 Å². The summed E-state index contributed by atoms with van der Waals surface area (Å²) in [5, 5.41) is 18.8. The van der Waals surface area contributed by atoms with Crippen molar-refractivity contribution in [2.24, 2.45) is 4.99 Å². The molecule has 0 aliphatic carbocycles. The normalized spacial score (nSPS) is 17.9. The van der Waals surface area contributed by atoms with Crippen LogP contribution in [0.1, 0.15) is 5.56 Å². The molecule has 0 saturated heterocycles. The Morgan fingerprint density at radius 3 is 2.38 bits per heavy atom. The minimum absolute atomic E-state index is 0.134. The van der Waals surface area contributed by atoms with Gasteiger partial charge in [0, 0.05) is 0 Å². The Hall–Kier alpha value is -1.66. The van der Waals surface area contributed by atoms with E-state index in [1.54, 1.807) is 6.07 Å². The molecule has 1 aromatic rings. The Morgan fingerprint density at radius 1 is 1.33 bits per heavy atom. The highest BCUT2D eigenvalue weighted by molar-refractivity contribution is 6.35. The van der Waals surface area contributed by atoms with Gasteiger partial charge in [-0.15, -0.1) is 0 Å². The summed E-state index contributed by atoms with van der Waals surface area (Å²) in [4.78, 5) is 22.1. The van der Waals surface area contributed by atoms with Crippen LogP contribution in [-0.2, 0) is 0 Å². The Labute approximate surface area is 137 Å². The number of aliphatic imine (C=N–C) groups is 1. The molecular weight excluding hydrogens is 366 g/mol. The Morgan fingerprint density at radius 2 is 1.90 bits per heavy atom. The molecule has 107 valence electrons. The number of alkyl halides is 1. The standard InChI is InChI=1S/C9HCl4N6O2/c10-5-3(1-14)6(11)17-9(16-5)18-2-15-7(12)4(8(18)13)19(20)21/h8H. The summed E-state index contributed by atoms with van der Waals surface area (Å²) >= 11 is 23.1. The smallest absolute Gasteiger partial charge is 0.264 e. The van der Waals surface area contributed by atoms with Gasteiger partial charge in [-0.3, -0.25) is 15.0 Å². The van der Waals surface area contributed by atoms with Gasteiger partial charge in [0.05, 0.1) is 4.92 Å². The quantitative estimate of drug-likeness (QED) is 0.261. The zero-order valence-electron chi connectivity index (χ0n) is 9.59. The van der Waals surface area contributed by atoms with Crippen LogP contribution in [0.4, 0.5) is 5.95 Å². The van der Waals surface area contributed by atoms with E-state index in [0.29, 0.717) is 0 Å². The van der Waals surface area contributed by atoms with Gasteiger partial charge in [0.15, 0.2) is 16.6 Å². The van der Waals surface area contributed by atoms with Gasteiger partial charge in [-0.25, -0.2) is 4.99 Å². The molecule has 12 heteroatoms. The van der Waals surface area contributed by atoms with Crippen LogP contribution < -0.4 is 4.90 Å². The van der Waals surface area contributed by atoms with Crippen molar-refractivity contribution in [2.45, 2.75) is 5.50 Å². The van der Waals surface area contributed by atoms with E-state index in [1.165, 1.54) is 0 Å². The molecule has 2 rings (SSSR count). The lowest BCUT2D eigenvalue weighted by molar-refractivity contribution is -0.427. The van der Waals surface area contributed by atoms with Gasteiger partial charge in [-0.2, -0.15) is 15.2 Å². The van der Waals surface area contributed by atoms with Crippen LogP contribution >= 0.6 is 46.4 Å². The SMILES string of the molecule is N#Cc1c(Cl)nc(N2[C]=NC(Cl)=C([N+](=O)[O-])C2Cl)nc1Cl. The summed E-state index contributed by atoms with van der Waals surface area (Å²) in [6.45, 7) is 0. The average molecular weight is 367 g/mol. The Bertz CT molecular complexity index is 704. The number of hydrogen-bond acceptors (Lipinski definition) is 7. The molecule has 2 heterocycles. The van der Waals surface area contributed by atoms with Crippen molar-refractivity contribution in [3.8, 4) is 6.07 Å². The average Bonchev–Trinajstić information content (AvgIpc) is 2.37. The summed E-state index contributed by atoms with van der Waals surface area (Å²) in [7, 11) is 0. The van der Waals surface area contributed by atoms with E-state index < -0.39 is 21.3 Å². The maximum absolute atomic E-state index is 10.9. The fourth-order valence-corrected chi connectivity index (χ4v) is 2.38. The highest BCUT2D eigenvalue weighted by Crippen LogP contribution is 2.30. The molecule has 21 heavy (non-hydrogen) atoms. The number of aromatic nitrogens is 2. The van der Waals surface area contributed by atoms with Crippen molar-refractivity contribution >= 4 is 58.7 Å². The molecule has 0 bridgehead atoms. The van der Waals surface area contributed by atoms with Crippen molar-refractivity contribution in [3.63, 3.8) is 0 Å². The largest absolute Gasteiger partial charge is 0.321 e. The highest BCUT2D eigenvalue weighted by Gasteiger charge is 2.37. The van der Waals surface area contributed by atoms with Gasteiger partial charge in [-0.1, -0.05) is 46.4 Å². The summed E-state index contributed by atoms with van der Waals surface area (Å²) < 4.78 is 0. The monoisotopic (exact) mass is 365 g/mol. The summed E-state index contributed by atoms with van der Waals surface area (Å²) in [6.07, 6.45) is 2.32. The first-order valence-corrected chi connectivity index (χ1v) is 6.50. The summed E-state index contributed by atoms with van der Waals surface area (Å²) in [6, 6.07) is 1.72. The number of halogens is 4. The molecular formula is C9HCl4N6O2. The van der Waals surface area contributed by atoms with Crippen molar-refractivity contribution in [3.05, 3.63) is 36.8 Å². The molecule has 0 N–H and O–H groups in total. The topological polar surface area (TPSA) is 108 Å². The fraction of sp³-hybridized carbons (Fsp3) is 0.111. The van der Waals surface area contributed by atoms with Crippen LogP contribution in [0.25, 0.3) is 0 Å². The first-order valence-electron chi connectivity index (χ1n) is 4.93. The first kappa shape index (κ1) is 15.7. The lowest BCUT2D eigenvalue weighted by Gasteiger charge is -2.23. The zero-order chi connectivity index (χ0) is 15.7. The predicted octanol–water partition coefficient (Wildman–Crippen LogP) is 2.63. The summed E-state index contributed by atoms with van der Waals surface area (Å²) in [5.74, 6) is -0.212. The molecule has 0 saturated carbocycles. The van der Waals surface area contributed by atoms with Crippen LogP contribution in [0.15, 0.2) is 15.8 Å². The molecule has 0 fully saturated rings. The van der Waals surface area contributed by atoms with Gasteiger partial charge >= 0.3 is 5.70 Å². The van der Waals surface area contributed by atoms with E-state index in [-0.39, 0.29) is 21.8 Å². The number of nitro groups is 1. The predicted molar refractivity (Wildman–Crippen MR) is 76.2 cm³/mol. The van der Waals surface area contributed by atoms with Crippen LogP contribution in [-0.4, -0.2) is 26.7 Å². The van der Waals surface area contributed by atoms with E-state index in [9.17, 15) is 10.1 Å². The van der Waals surface area contributed by atoms with Crippen LogP contribution in [0, 0.1) is 21.4 Å². The molecule has 1 aliphatic rings. The van der Waals surface area contributed by atoms with E-state index >= 15 is 0 Å². The van der Waals surface area contributed by atoms with Crippen LogP contribution in [0.5, 0.6) is 0 Å². The zero-order valence-corrected chi connectivity index (χ0v) is 12.6. The second kappa shape index (κ2) is 5.99. The molecule has 0 amide bonds. The van der Waals surface area contributed by atoms with Crippen molar-refractivity contribution in [2.75, 3.05) is 4.90 Å². The number of anilines is 1. The third-order valence-corrected chi connectivity index (χ3v) is 3.48. The lowest BCUT2D eigenvalue weighted by Crippen LogP contribution is -2.38. The third kappa shape index (κ3) is 2.87. The van der Waals surface area contributed by atoms with E-state index in [0.717, 1.165) is 4.90 Å². The second-order valence-corrected chi connectivity index (χ2v) is 4.93. The van der Waals surface area contributed by atoms with Crippen molar-refractivity contribution in [1.82, 2.24) is 9.97 Å². The number of nitrogens with zero attached hydrogens (tertiary/aromatic N) is 6. The van der Waals surface area contributed by atoms with E-state index in [2.05, 4.69) is 21.3 Å². The minimum atomic E-state index is -1.37. The lowest BCUT2D eigenvalue weighted by atomic mass is 10.3. The number of hydrogen-bond donors (Lipinski definition) is 0. The molecule has 1 radical (unpaired) electrons. The maximum Gasteiger partial charge on any atom is 0.321 e. The molecule has 0 aromatic carbocycles. The third-order valence-electron chi connectivity index (χ3n) is 2.25. The first-order chi connectivity index (χ1) is 9.86. The minimum Gasteiger partial charge on any atom is -0.264 e. The number of rotatable bonds is 2. The molecule has 1 unspecified atom stereocenters. The fourth-order valence-electron chi connectivity index (χ4n) is 1.33. The van der Waals surface area contributed by atoms with Crippen molar-refractivity contribution in [1.29, 1.82) is 5.26 Å². The van der Waals surface area contributed by atoms with Crippen LogP contribution in [0.2, 0.25) is 10.3 Å². The van der Waals surface area contributed by atoms with Crippen LogP contribution in [0.3, 0.4) is 0 Å². The van der Waals surface area contributed by atoms with Crippen molar-refractivity contribution < 1.29 is 4.92 Å². The Balaban J connectivity index is 2.49. The Kier molecular flexibility index (Phi) is 4.49. The molecule has 1 atom stereocenters. The van der Waals surface area contributed by atoms with Gasteiger partial charge in [0.2, 0.25) is 16.6 Å².